The molecule has 0 fully saturated rings. The van der Waals surface area contributed by atoms with Crippen molar-refractivity contribution >= 4 is 5.97 Å². The smallest absolute Gasteiger partial charge is 0.329 e. The lowest BCUT2D eigenvalue weighted by atomic mass is 10.5. The third-order valence-electron chi connectivity index (χ3n) is 0.675. The number of carboxylic acid groups (broad SMARTS) is 1. The molecule has 0 radical (unpaired) electrons. The fraction of sp³-hybridized carbons (Fsp3) is 0.500. The van der Waals surface area contributed by atoms with E-state index >= 15 is 0 Å². The Balaban J connectivity index is 3.01. The monoisotopic (exact) mass is 130 g/mol. The fourth-order valence-corrected chi connectivity index (χ4v) is 0.311. The van der Waals surface area contributed by atoms with E-state index in [4.69, 9.17) is 5.11 Å². The summed E-state index contributed by atoms with van der Waals surface area (Å²) in [5, 5.41) is 8.06. The Morgan fingerprint density at radius 3 is 2.89 bits per heavy atom. The maximum absolute atomic E-state index is 9.81. The van der Waals surface area contributed by atoms with Gasteiger partial charge in [-0.05, 0) is 6.92 Å². The van der Waals surface area contributed by atoms with Crippen LogP contribution in [-0.2, 0) is 9.53 Å². The molecule has 9 heavy (non-hydrogen) atoms. The number of carboxylic acids is 1. The Labute approximate surface area is 53.9 Å². The first-order valence-corrected chi connectivity index (χ1v) is 2.68. The van der Waals surface area contributed by atoms with Crippen LogP contribution in [0.3, 0.4) is 0 Å². The summed E-state index contributed by atoms with van der Waals surface area (Å²) >= 11 is 0. The average Bonchev–Trinajstić information content (AvgIpc) is 1.80. The van der Waals surface area contributed by atoms with Gasteiger partial charge < -0.3 is 9.84 Å². The lowest BCUT2D eigenvalue weighted by Gasteiger charge is -1.92. The predicted octanol–water partition coefficient (Wildman–Crippen LogP) is 0.664. The van der Waals surface area contributed by atoms with Crippen molar-refractivity contribution in [3.8, 4) is 0 Å². The third-order valence-corrected chi connectivity index (χ3v) is 0.675. The molecule has 0 spiro atoms. The van der Waals surface area contributed by atoms with Gasteiger partial charge in [-0.15, -0.1) is 0 Å². The van der Waals surface area contributed by atoms with Crippen molar-refractivity contribution in [2.75, 3.05) is 13.2 Å². The zero-order valence-corrected chi connectivity index (χ0v) is 5.33. The Kier molecular flexibility index (Phi) is 4.82. The number of allylic oxidation sites excluding steroid dienone is 1. The quantitative estimate of drug-likeness (QED) is 0.449. The maximum Gasteiger partial charge on any atom is 0.329 e. The third kappa shape index (κ3) is 7.17. The van der Waals surface area contributed by atoms with E-state index < -0.39 is 5.97 Å². The second-order valence-electron chi connectivity index (χ2n) is 1.48. The molecular weight excluding hydrogens is 120 g/mol. The summed E-state index contributed by atoms with van der Waals surface area (Å²) in [5.41, 5.74) is 0. The summed E-state index contributed by atoms with van der Waals surface area (Å²) < 4.78 is 4.65. The van der Waals surface area contributed by atoms with Gasteiger partial charge in [-0.3, -0.25) is 0 Å². The van der Waals surface area contributed by atoms with Crippen molar-refractivity contribution in [1.29, 1.82) is 0 Å². The zero-order chi connectivity index (χ0) is 7.11. The number of hydrogen-bond acceptors (Lipinski definition) is 2. The number of rotatable bonds is 4. The molecule has 0 heterocycles. The molecule has 52 valence electrons. The van der Waals surface area contributed by atoms with Crippen LogP contribution in [0.5, 0.6) is 0 Å². The number of carbonyl (C=O) groups is 1. The van der Waals surface area contributed by atoms with E-state index in [0.29, 0.717) is 6.61 Å². The summed E-state index contributed by atoms with van der Waals surface area (Å²) in [7, 11) is 0. The van der Waals surface area contributed by atoms with E-state index in [1.807, 2.05) is 13.0 Å². The van der Waals surface area contributed by atoms with Gasteiger partial charge in [0.2, 0.25) is 0 Å². The van der Waals surface area contributed by atoms with E-state index in [0.717, 1.165) is 0 Å². The molecule has 3 nitrogen and oxygen atoms in total. The molecule has 0 aromatic heterocycles. The lowest BCUT2D eigenvalue weighted by molar-refractivity contribution is -0.141. The fourth-order valence-electron chi connectivity index (χ4n) is 0.311. The van der Waals surface area contributed by atoms with Crippen LogP contribution >= 0.6 is 0 Å². The average molecular weight is 130 g/mol. The Hall–Kier alpha value is -0.830. The molecule has 0 atom stereocenters. The van der Waals surface area contributed by atoms with Crippen molar-refractivity contribution in [2.45, 2.75) is 6.92 Å². The van der Waals surface area contributed by atoms with E-state index in [2.05, 4.69) is 4.74 Å². The molecule has 0 aromatic carbocycles. The molecule has 3 heteroatoms. The molecule has 0 saturated carbocycles. The van der Waals surface area contributed by atoms with Gasteiger partial charge in [-0.1, -0.05) is 12.2 Å². The van der Waals surface area contributed by atoms with Gasteiger partial charge in [0.05, 0.1) is 6.61 Å². The molecule has 0 aliphatic rings. The Morgan fingerprint density at radius 2 is 2.44 bits per heavy atom. The highest BCUT2D eigenvalue weighted by molar-refractivity contribution is 5.67. The molecule has 0 bridgehead atoms. The van der Waals surface area contributed by atoms with Crippen LogP contribution in [0.25, 0.3) is 0 Å². The van der Waals surface area contributed by atoms with Crippen LogP contribution in [0.1, 0.15) is 6.92 Å². The standard InChI is InChI=1S/C6H10O3/c1-2-3-4-9-5-6(7)8/h2-3H,4-5H2,1H3,(H,7,8)/b3-2+. The van der Waals surface area contributed by atoms with Crippen molar-refractivity contribution in [1.82, 2.24) is 0 Å². The minimum absolute atomic E-state index is 0.218. The summed E-state index contributed by atoms with van der Waals surface area (Å²) in [6.45, 7) is 2.01. The normalized spacial score (nSPS) is 10.3. The van der Waals surface area contributed by atoms with Crippen LogP contribution < -0.4 is 0 Å². The van der Waals surface area contributed by atoms with Gasteiger partial charge in [0, 0.05) is 0 Å². The minimum atomic E-state index is -0.931. The van der Waals surface area contributed by atoms with Gasteiger partial charge in [-0.2, -0.15) is 0 Å². The zero-order valence-electron chi connectivity index (χ0n) is 5.33. The van der Waals surface area contributed by atoms with Crippen molar-refractivity contribution in [3.63, 3.8) is 0 Å². The van der Waals surface area contributed by atoms with Gasteiger partial charge in [0.15, 0.2) is 0 Å². The summed E-state index contributed by atoms with van der Waals surface area (Å²) in [5.74, 6) is -0.931. The number of ether oxygens (including phenoxy) is 1. The molecular formula is C6H10O3. The lowest BCUT2D eigenvalue weighted by Crippen LogP contribution is -2.06. The second kappa shape index (κ2) is 5.31. The Morgan fingerprint density at radius 1 is 1.78 bits per heavy atom. The Bertz CT molecular complexity index is 107. The van der Waals surface area contributed by atoms with Gasteiger partial charge >= 0.3 is 5.97 Å². The highest BCUT2D eigenvalue weighted by Gasteiger charge is 1.91. The number of hydrogen-bond donors (Lipinski definition) is 1. The molecule has 0 amide bonds. The molecule has 0 aliphatic carbocycles. The van der Waals surface area contributed by atoms with Crippen molar-refractivity contribution < 1.29 is 14.6 Å². The molecule has 0 aliphatic heterocycles. The summed E-state index contributed by atoms with van der Waals surface area (Å²) in [6.07, 6.45) is 3.56. The van der Waals surface area contributed by atoms with Crippen molar-refractivity contribution in [3.05, 3.63) is 12.2 Å². The molecule has 0 rings (SSSR count). The van der Waals surface area contributed by atoms with Crippen LogP contribution in [-0.4, -0.2) is 24.3 Å². The highest BCUT2D eigenvalue weighted by atomic mass is 16.5. The second-order valence-corrected chi connectivity index (χ2v) is 1.48. The highest BCUT2D eigenvalue weighted by Crippen LogP contribution is 1.76. The molecule has 0 unspecified atom stereocenters. The molecule has 0 aromatic rings. The van der Waals surface area contributed by atoms with E-state index in [-0.39, 0.29) is 6.61 Å². The van der Waals surface area contributed by atoms with Crippen LogP contribution in [0.4, 0.5) is 0 Å². The van der Waals surface area contributed by atoms with Crippen LogP contribution in [0.2, 0.25) is 0 Å². The first kappa shape index (κ1) is 8.17. The first-order valence-electron chi connectivity index (χ1n) is 2.68. The van der Waals surface area contributed by atoms with Gasteiger partial charge in [-0.25, -0.2) is 4.79 Å². The number of aliphatic carboxylic acids is 1. The van der Waals surface area contributed by atoms with E-state index in [1.54, 1.807) is 6.08 Å². The summed E-state index contributed by atoms with van der Waals surface area (Å²) in [4.78, 5) is 9.81. The van der Waals surface area contributed by atoms with Crippen LogP contribution in [0.15, 0.2) is 12.2 Å². The first-order chi connectivity index (χ1) is 4.27. The molecule has 0 saturated heterocycles. The van der Waals surface area contributed by atoms with Gasteiger partial charge in [0.1, 0.15) is 6.61 Å². The van der Waals surface area contributed by atoms with Gasteiger partial charge in [0.25, 0.3) is 0 Å². The largest absolute Gasteiger partial charge is 0.480 e. The topological polar surface area (TPSA) is 46.5 Å². The maximum atomic E-state index is 9.81. The predicted molar refractivity (Wildman–Crippen MR) is 33.3 cm³/mol. The SMILES string of the molecule is C/C=C/COCC(=O)O. The minimum Gasteiger partial charge on any atom is -0.480 e. The van der Waals surface area contributed by atoms with Crippen LogP contribution in [0, 0.1) is 0 Å². The van der Waals surface area contributed by atoms with E-state index in [1.165, 1.54) is 0 Å². The van der Waals surface area contributed by atoms with Crippen molar-refractivity contribution in [2.24, 2.45) is 0 Å². The molecule has 1 N–H and O–H groups in total. The van der Waals surface area contributed by atoms with E-state index in [9.17, 15) is 4.79 Å². The summed E-state index contributed by atoms with van der Waals surface area (Å²) in [6, 6.07) is 0.